The summed E-state index contributed by atoms with van der Waals surface area (Å²) in [6, 6.07) is 20.7. The lowest BCUT2D eigenvalue weighted by molar-refractivity contribution is -0.227. The molecule has 1 saturated carbocycles. The Balaban J connectivity index is 1.50. The van der Waals surface area contributed by atoms with Gasteiger partial charge in [0.2, 0.25) is 5.79 Å². The molecule has 1 fully saturated rings. The molecule has 3 aliphatic rings. The monoisotopic (exact) mass is 654 g/mol. The number of carbonyl (C=O) groups is 1. The fraction of sp³-hybridized carbons (Fsp3) is 0.425. The molecule has 3 aromatic rings. The van der Waals surface area contributed by atoms with E-state index in [0.29, 0.717) is 6.61 Å². The van der Waals surface area contributed by atoms with E-state index in [1.165, 1.54) is 5.39 Å². The third-order valence-electron chi connectivity index (χ3n) is 9.97. The van der Waals surface area contributed by atoms with E-state index in [2.05, 4.69) is 55.6 Å². The van der Waals surface area contributed by atoms with Gasteiger partial charge < -0.3 is 24.4 Å². The van der Waals surface area contributed by atoms with Crippen LogP contribution in [0, 0.1) is 17.8 Å². The molecule has 0 amide bonds. The van der Waals surface area contributed by atoms with Crippen LogP contribution in [-0.2, 0) is 9.53 Å². The van der Waals surface area contributed by atoms with Crippen LogP contribution in [0.2, 0.25) is 0 Å². The molecule has 2 aliphatic carbocycles. The van der Waals surface area contributed by atoms with Gasteiger partial charge in [-0.25, -0.2) is 0 Å². The molecule has 0 saturated heterocycles. The quantitative estimate of drug-likeness (QED) is 0.120. The highest BCUT2D eigenvalue weighted by Gasteiger charge is 2.64. The molecule has 6 nitrogen and oxygen atoms in total. The van der Waals surface area contributed by atoms with Gasteiger partial charge in [-0.05, 0) is 78.6 Å². The van der Waals surface area contributed by atoms with Crippen molar-refractivity contribution in [1.29, 1.82) is 0 Å². The van der Waals surface area contributed by atoms with Crippen molar-refractivity contribution in [3.63, 3.8) is 0 Å². The molecule has 7 heteroatoms. The van der Waals surface area contributed by atoms with Crippen molar-refractivity contribution < 1.29 is 29.2 Å². The van der Waals surface area contributed by atoms with E-state index >= 15 is 0 Å². The largest absolute Gasteiger partial charge is 0.490 e. The second-order valence-corrected chi connectivity index (χ2v) is 14.1. The Kier molecular flexibility index (Phi) is 10.9. The number of carbonyl (C=O) groups excluding carboxylic acids is 1. The maximum Gasteiger partial charge on any atom is 0.231 e. The van der Waals surface area contributed by atoms with Gasteiger partial charge >= 0.3 is 0 Å². The van der Waals surface area contributed by atoms with Crippen LogP contribution in [0.3, 0.4) is 0 Å². The van der Waals surface area contributed by atoms with Crippen molar-refractivity contribution in [2.75, 3.05) is 26.4 Å². The number of fused-ring (bicyclic) bond motifs is 3. The molecule has 47 heavy (non-hydrogen) atoms. The summed E-state index contributed by atoms with van der Waals surface area (Å²) in [5, 5.41) is 21.3. The molecular formula is C40H46O6S. The van der Waals surface area contributed by atoms with E-state index in [9.17, 15) is 15.0 Å². The lowest BCUT2D eigenvalue weighted by Gasteiger charge is -2.58. The summed E-state index contributed by atoms with van der Waals surface area (Å²) in [6.45, 7) is 8.75. The zero-order valence-corrected chi connectivity index (χ0v) is 27.8. The predicted molar refractivity (Wildman–Crippen MR) is 188 cm³/mol. The van der Waals surface area contributed by atoms with Gasteiger partial charge in [0, 0.05) is 41.6 Å². The lowest BCUT2D eigenvalue weighted by Crippen LogP contribution is -2.64. The van der Waals surface area contributed by atoms with Crippen LogP contribution in [0.1, 0.15) is 56.4 Å². The molecule has 0 unspecified atom stereocenters. The SMILES string of the molecule is C=CCOc1ccc2c(c1)[C@H]1[C@H](CCCCO)[C@@H](CCCCO)C=C3C(=O)C[C@H](Sc4ccc5ccccc5c4)[C@@](OCC=C)(O2)[C@H]31. The fourth-order valence-corrected chi connectivity index (χ4v) is 9.30. The molecule has 6 rings (SSSR count). The number of aliphatic hydroxyl groups excluding tert-OH is 2. The molecule has 3 aromatic carbocycles. The van der Waals surface area contributed by atoms with Gasteiger partial charge in [0.15, 0.2) is 5.78 Å². The molecule has 0 spiro atoms. The minimum atomic E-state index is -1.11. The second kappa shape index (κ2) is 15.2. The van der Waals surface area contributed by atoms with Gasteiger partial charge in [0.05, 0.1) is 17.8 Å². The van der Waals surface area contributed by atoms with Crippen LogP contribution < -0.4 is 9.47 Å². The predicted octanol–water partition coefficient (Wildman–Crippen LogP) is 8.03. The summed E-state index contributed by atoms with van der Waals surface area (Å²) >= 11 is 1.66. The van der Waals surface area contributed by atoms with Gasteiger partial charge in [-0.3, -0.25) is 4.79 Å². The van der Waals surface area contributed by atoms with Crippen LogP contribution >= 0.6 is 11.8 Å². The Morgan fingerprint density at radius 2 is 1.68 bits per heavy atom. The zero-order chi connectivity index (χ0) is 32.8. The van der Waals surface area contributed by atoms with Crippen molar-refractivity contribution in [1.82, 2.24) is 0 Å². The number of rotatable bonds is 16. The third-order valence-corrected chi connectivity index (χ3v) is 11.3. The van der Waals surface area contributed by atoms with Gasteiger partial charge in [0.25, 0.3) is 0 Å². The standard InChI is InChI=1S/C40H46O6S/c1-3-21-44-30-16-18-36-34(25-30)38-32(14-8-10-20-42)29(13-7-9-19-41)24-33-35(43)26-37(40(46-36,39(33)38)45-22-4-2)47-31-17-15-27-11-5-6-12-28(27)23-31/h3-6,11-12,15-18,23-25,29,32,37-39,41-42H,1-2,7-10,13-14,19-22,26H2/t29-,32+,37-,38+,39+,40+/m0/s1. The van der Waals surface area contributed by atoms with Crippen molar-refractivity contribution in [2.24, 2.45) is 17.8 Å². The van der Waals surface area contributed by atoms with Crippen molar-refractivity contribution in [3.05, 3.63) is 103 Å². The number of allylic oxidation sites excluding steroid dienone is 1. The van der Waals surface area contributed by atoms with E-state index in [-0.39, 0.29) is 60.9 Å². The molecule has 6 atom stereocenters. The van der Waals surface area contributed by atoms with Crippen LogP contribution in [-0.4, -0.2) is 53.5 Å². The summed E-state index contributed by atoms with van der Waals surface area (Å²) in [7, 11) is 0. The van der Waals surface area contributed by atoms with Crippen LogP contribution in [0.5, 0.6) is 11.5 Å². The van der Waals surface area contributed by atoms with E-state index in [4.69, 9.17) is 14.2 Å². The average Bonchev–Trinajstić information content (AvgIpc) is 3.09. The number of thioether (sulfide) groups is 1. The molecule has 1 heterocycles. The highest BCUT2D eigenvalue weighted by Crippen LogP contribution is 2.63. The number of hydrogen-bond donors (Lipinski definition) is 2. The van der Waals surface area contributed by atoms with E-state index < -0.39 is 5.79 Å². The number of unbranched alkanes of at least 4 members (excludes halogenated alkanes) is 2. The Hall–Kier alpha value is -3.36. The highest BCUT2D eigenvalue weighted by atomic mass is 32.2. The summed E-state index contributed by atoms with van der Waals surface area (Å²) < 4.78 is 20.0. The van der Waals surface area contributed by atoms with Crippen LogP contribution in [0.15, 0.2) is 103 Å². The molecule has 2 N–H and O–H groups in total. The van der Waals surface area contributed by atoms with E-state index in [1.54, 1.807) is 23.9 Å². The molecule has 0 radical (unpaired) electrons. The maximum absolute atomic E-state index is 14.3. The van der Waals surface area contributed by atoms with Gasteiger partial charge in [-0.15, -0.1) is 18.3 Å². The van der Waals surface area contributed by atoms with E-state index in [1.807, 2.05) is 24.3 Å². The third kappa shape index (κ3) is 6.82. The Morgan fingerprint density at radius 3 is 2.45 bits per heavy atom. The second-order valence-electron chi connectivity index (χ2n) is 12.9. The first kappa shape index (κ1) is 33.5. The van der Waals surface area contributed by atoms with Crippen LogP contribution in [0.25, 0.3) is 10.8 Å². The number of ketones is 1. The summed E-state index contributed by atoms with van der Waals surface area (Å²) in [5.41, 5.74) is 1.83. The number of benzene rings is 3. The van der Waals surface area contributed by atoms with Crippen molar-refractivity contribution in [2.45, 2.75) is 66.8 Å². The number of hydrogen-bond acceptors (Lipinski definition) is 7. The smallest absolute Gasteiger partial charge is 0.231 e. The number of Topliss-reactive ketones (excluding diaryl/α,β-unsaturated/α-hetero) is 1. The Morgan fingerprint density at radius 1 is 0.915 bits per heavy atom. The van der Waals surface area contributed by atoms with Crippen molar-refractivity contribution in [3.8, 4) is 11.5 Å². The van der Waals surface area contributed by atoms with Gasteiger partial charge in [-0.2, -0.15) is 0 Å². The Bertz CT molecular complexity index is 1620. The van der Waals surface area contributed by atoms with Gasteiger partial charge in [-0.1, -0.05) is 68.0 Å². The molecule has 0 bridgehead atoms. The molecule has 1 aliphatic heterocycles. The van der Waals surface area contributed by atoms with Gasteiger partial charge in [0.1, 0.15) is 18.1 Å². The molecule has 248 valence electrons. The average molecular weight is 655 g/mol. The minimum Gasteiger partial charge on any atom is -0.490 e. The maximum atomic E-state index is 14.3. The first-order chi connectivity index (χ1) is 23.0. The summed E-state index contributed by atoms with van der Waals surface area (Å²) in [4.78, 5) is 15.4. The zero-order valence-electron chi connectivity index (χ0n) is 27.0. The first-order valence-corrected chi connectivity index (χ1v) is 17.8. The summed E-state index contributed by atoms with van der Waals surface area (Å²) in [6.07, 6.45) is 11.0. The number of ether oxygens (including phenoxy) is 3. The lowest BCUT2D eigenvalue weighted by atomic mass is 9.56. The normalized spacial score (nSPS) is 26.1. The van der Waals surface area contributed by atoms with Crippen molar-refractivity contribution >= 4 is 28.3 Å². The van der Waals surface area contributed by atoms with E-state index in [0.717, 1.165) is 71.4 Å². The minimum absolute atomic E-state index is 0.0716. The fourth-order valence-electron chi connectivity index (χ4n) is 7.97. The Labute approximate surface area is 282 Å². The molecule has 0 aromatic heterocycles. The van der Waals surface area contributed by atoms with Crippen LogP contribution in [0.4, 0.5) is 0 Å². The molecular weight excluding hydrogens is 609 g/mol. The topological polar surface area (TPSA) is 85.2 Å². The summed E-state index contributed by atoms with van der Waals surface area (Å²) in [5.74, 6) is 0.427. The first-order valence-electron chi connectivity index (χ1n) is 17.0. The number of aliphatic hydroxyl groups is 2. The highest BCUT2D eigenvalue weighted by molar-refractivity contribution is 8.00.